The molecule has 1 aliphatic carbocycles. The Morgan fingerprint density at radius 1 is 1.14 bits per heavy atom. The zero-order chi connectivity index (χ0) is 10.2. The van der Waals surface area contributed by atoms with Crippen molar-refractivity contribution in [3.8, 4) is 0 Å². The fourth-order valence-corrected chi connectivity index (χ4v) is 2.63. The van der Waals surface area contributed by atoms with Crippen LogP contribution in [0.2, 0.25) is 0 Å². The topological polar surface area (TPSA) is 35.2 Å². The fraction of sp³-hybridized carbons (Fsp3) is 1.00. The number of ether oxygens (including phenoxy) is 1. The molecule has 0 aromatic heterocycles. The van der Waals surface area contributed by atoms with E-state index in [0.717, 1.165) is 25.0 Å². The largest absolute Gasteiger partial charge is 0.385 e. The summed E-state index contributed by atoms with van der Waals surface area (Å²) in [7, 11) is 1.78. The van der Waals surface area contributed by atoms with E-state index in [4.69, 9.17) is 10.5 Å². The first kappa shape index (κ1) is 12.0. The van der Waals surface area contributed by atoms with E-state index in [1.54, 1.807) is 7.11 Å². The standard InChI is InChI=1S/C12H25NO/c1-14-9-5-4-7-11-6-2-3-8-12(11)10-13/h11-12H,2-10,13H2,1H3. The van der Waals surface area contributed by atoms with E-state index in [-0.39, 0.29) is 0 Å². The molecule has 2 atom stereocenters. The van der Waals surface area contributed by atoms with E-state index in [1.165, 1.54) is 44.9 Å². The van der Waals surface area contributed by atoms with Crippen LogP contribution in [0.4, 0.5) is 0 Å². The first-order chi connectivity index (χ1) is 6.88. The Morgan fingerprint density at radius 3 is 2.50 bits per heavy atom. The van der Waals surface area contributed by atoms with E-state index in [9.17, 15) is 0 Å². The van der Waals surface area contributed by atoms with Gasteiger partial charge in [-0.25, -0.2) is 0 Å². The highest BCUT2D eigenvalue weighted by Crippen LogP contribution is 2.32. The van der Waals surface area contributed by atoms with Gasteiger partial charge in [0.2, 0.25) is 0 Å². The van der Waals surface area contributed by atoms with E-state index in [0.29, 0.717) is 0 Å². The summed E-state index contributed by atoms with van der Waals surface area (Å²) in [6, 6.07) is 0. The maximum Gasteiger partial charge on any atom is 0.0462 e. The fourth-order valence-electron chi connectivity index (χ4n) is 2.63. The number of rotatable bonds is 6. The Hall–Kier alpha value is -0.0800. The summed E-state index contributed by atoms with van der Waals surface area (Å²) in [6.07, 6.45) is 9.49. The summed E-state index contributed by atoms with van der Waals surface area (Å²) in [6.45, 7) is 1.81. The number of unbranched alkanes of at least 4 members (excludes halogenated alkanes) is 1. The van der Waals surface area contributed by atoms with Gasteiger partial charge >= 0.3 is 0 Å². The van der Waals surface area contributed by atoms with Crippen LogP contribution in [0.5, 0.6) is 0 Å². The lowest BCUT2D eigenvalue weighted by atomic mass is 9.77. The van der Waals surface area contributed by atoms with Crippen molar-refractivity contribution >= 4 is 0 Å². The van der Waals surface area contributed by atoms with Crippen molar-refractivity contribution in [3.05, 3.63) is 0 Å². The summed E-state index contributed by atoms with van der Waals surface area (Å²) >= 11 is 0. The summed E-state index contributed by atoms with van der Waals surface area (Å²) in [4.78, 5) is 0. The Bertz CT molecular complexity index is 138. The van der Waals surface area contributed by atoms with Gasteiger partial charge in [-0.05, 0) is 31.2 Å². The van der Waals surface area contributed by atoms with Crippen molar-refractivity contribution in [1.29, 1.82) is 0 Å². The first-order valence-corrected chi connectivity index (χ1v) is 6.07. The Balaban J connectivity index is 2.13. The number of hydrogen-bond acceptors (Lipinski definition) is 2. The van der Waals surface area contributed by atoms with Crippen LogP contribution in [0.3, 0.4) is 0 Å². The normalized spacial score (nSPS) is 27.9. The molecule has 0 saturated heterocycles. The van der Waals surface area contributed by atoms with Gasteiger partial charge in [0.25, 0.3) is 0 Å². The monoisotopic (exact) mass is 199 g/mol. The molecule has 0 bridgehead atoms. The van der Waals surface area contributed by atoms with Gasteiger partial charge in [0.15, 0.2) is 0 Å². The van der Waals surface area contributed by atoms with Crippen LogP contribution >= 0.6 is 0 Å². The average molecular weight is 199 g/mol. The van der Waals surface area contributed by atoms with Gasteiger partial charge in [-0.3, -0.25) is 0 Å². The Labute approximate surface area is 88.2 Å². The third kappa shape index (κ3) is 3.97. The molecule has 2 N–H and O–H groups in total. The third-order valence-corrected chi connectivity index (χ3v) is 3.54. The zero-order valence-corrected chi connectivity index (χ0v) is 9.50. The highest BCUT2D eigenvalue weighted by atomic mass is 16.5. The minimum Gasteiger partial charge on any atom is -0.385 e. The smallest absolute Gasteiger partial charge is 0.0462 e. The van der Waals surface area contributed by atoms with Gasteiger partial charge in [0, 0.05) is 13.7 Å². The van der Waals surface area contributed by atoms with E-state index >= 15 is 0 Å². The van der Waals surface area contributed by atoms with E-state index < -0.39 is 0 Å². The van der Waals surface area contributed by atoms with Gasteiger partial charge in [-0.15, -0.1) is 0 Å². The van der Waals surface area contributed by atoms with Crippen LogP contribution in [0, 0.1) is 11.8 Å². The lowest BCUT2D eigenvalue weighted by Gasteiger charge is -2.30. The molecular weight excluding hydrogens is 174 g/mol. The maximum absolute atomic E-state index is 5.80. The molecule has 0 amide bonds. The highest BCUT2D eigenvalue weighted by molar-refractivity contribution is 4.75. The maximum atomic E-state index is 5.80. The molecule has 1 saturated carbocycles. The van der Waals surface area contributed by atoms with Crippen molar-refractivity contribution in [1.82, 2.24) is 0 Å². The SMILES string of the molecule is COCCCCC1CCCCC1CN. The quantitative estimate of drug-likeness (QED) is 0.667. The zero-order valence-electron chi connectivity index (χ0n) is 9.50. The van der Waals surface area contributed by atoms with Crippen molar-refractivity contribution in [3.63, 3.8) is 0 Å². The number of methoxy groups -OCH3 is 1. The van der Waals surface area contributed by atoms with Crippen molar-refractivity contribution in [2.24, 2.45) is 17.6 Å². The molecule has 1 fully saturated rings. The van der Waals surface area contributed by atoms with Crippen LogP contribution in [0.15, 0.2) is 0 Å². The van der Waals surface area contributed by atoms with Crippen molar-refractivity contribution in [2.75, 3.05) is 20.3 Å². The molecule has 0 spiro atoms. The van der Waals surface area contributed by atoms with Crippen molar-refractivity contribution in [2.45, 2.75) is 44.9 Å². The molecule has 0 aromatic rings. The molecule has 2 unspecified atom stereocenters. The molecular formula is C12H25NO. The molecule has 0 radical (unpaired) electrons. The second kappa shape index (κ2) is 7.24. The van der Waals surface area contributed by atoms with Gasteiger partial charge in [0.1, 0.15) is 0 Å². The van der Waals surface area contributed by atoms with Crippen molar-refractivity contribution < 1.29 is 4.74 Å². The molecule has 0 aromatic carbocycles. The van der Waals surface area contributed by atoms with E-state index in [1.807, 2.05) is 0 Å². The predicted octanol–water partition coefficient (Wildman–Crippen LogP) is 2.57. The molecule has 84 valence electrons. The second-order valence-corrected chi connectivity index (χ2v) is 4.53. The van der Waals surface area contributed by atoms with Crippen LogP contribution in [-0.2, 0) is 4.74 Å². The molecule has 0 heterocycles. The Morgan fingerprint density at radius 2 is 1.86 bits per heavy atom. The summed E-state index contributed by atoms with van der Waals surface area (Å²) in [5, 5.41) is 0. The Kier molecular flexibility index (Phi) is 6.20. The number of hydrogen-bond donors (Lipinski definition) is 1. The van der Waals surface area contributed by atoms with Gasteiger partial charge in [-0.2, -0.15) is 0 Å². The highest BCUT2D eigenvalue weighted by Gasteiger charge is 2.22. The lowest BCUT2D eigenvalue weighted by Crippen LogP contribution is -2.26. The van der Waals surface area contributed by atoms with Crippen LogP contribution in [-0.4, -0.2) is 20.3 Å². The van der Waals surface area contributed by atoms with Crippen LogP contribution in [0.1, 0.15) is 44.9 Å². The lowest BCUT2D eigenvalue weighted by molar-refractivity contribution is 0.179. The minimum absolute atomic E-state index is 0.811. The molecule has 2 nitrogen and oxygen atoms in total. The molecule has 1 rings (SSSR count). The number of nitrogens with two attached hydrogens (primary N) is 1. The summed E-state index contributed by atoms with van der Waals surface area (Å²) in [5.41, 5.74) is 5.80. The van der Waals surface area contributed by atoms with Gasteiger partial charge in [-0.1, -0.05) is 32.1 Å². The third-order valence-electron chi connectivity index (χ3n) is 3.54. The second-order valence-electron chi connectivity index (χ2n) is 4.53. The van der Waals surface area contributed by atoms with Crippen LogP contribution < -0.4 is 5.73 Å². The molecule has 14 heavy (non-hydrogen) atoms. The van der Waals surface area contributed by atoms with Crippen LogP contribution in [0.25, 0.3) is 0 Å². The summed E-state index contributed by atoms with van der Waals surface area (Å²) in [5.74, 6) is 1.72. The molecule has 0 aliphatic heterocycles. The molecule has 1 aliphatic rings. The van der Waals surface area contributed by atoms with E-state index in [2.05, 4.69) is 0 Å². The molecule has 2 heteroatoms. The minimum atomic E-state index is 0.811. The first-order valence-electron chi connectivity index (χ1n) is 6.07. The summed E-state index contributed by atoms with van der Waals surface area (Å²) < 4.78 is 5.06. The predicted molar refractivity (Wildman–Crippen MR) is 60.2 cm³/mol. The van der Waals surface area contributed by atoms with Gasteiger partial charge < -0.3 is 10.5 Å². The van der Waals surface area contributed by atoms with Gasteiger partial charge in [0.05, 0.1) is 0 Å². The average Bonchev–Trinajstić information content (AvgIpc) is 2.25.